The largest absolute Gasteiger partial charge is 0.461 e. The molecule has 0 fully saturated rings. The highest BCUT2D eigenvalue weighted by atomic mass is 16.5. The van der Waals surface area contributed by atoms with Crippen molar-refractivity contribution in [3.8, 4) is 0 Å². The van der Waals surface area contributed by atoms with Gasteiger partial charge in [-0.25, -0.2) is 4.79 Å². The van der Waals surface area contributed by atoms with Crippen LogP contribution in [0.4, 0.5) is 0 Å². The molecular formula is C7H13N3O2. The lowest BCUT2D eigenvalue weighted by Crippen LogP contribution is -2.43. The normalized spacial score (nSPS) is 21.8. The number of carbonyl (C=O) groups is 1. The Kier molecular flexibility index (Phi) is 2.54. The van der Waals surface area contributed by atoms with Crippen LogP contribution in [0.5, 0.6) is 0 Å². The second-order valence-corrected chi connectivity index (χ2v) is 2.47. The summed E-state index contributed by atoms with van der Waals surface area (Å²) in [4.78, 5) is 12.8. The van der Waals surface area contributed by atoms with Gasteiger partial charge in [-0.05, 0) is 6.92 Å². The number of hydrogen-bond acceptors (Lipinski definition) is 5. The molecule has 1 unspecified atom stereocenters. The fraction of sp³-hybridized carbons (Fsp3) is 0.571. The van der Waals surface area contributed by atoms with E-state index in [1.54, 1.807) is 25.1 Å². The molecule has 0 bridgehead atoms. The highest BCUT2D eigenvalue weighted by Gasteiger charge is 2.24. The molecule has 0 aromatic carbocycles. The van der Waals surface area contributed by atoms with Gasteiger partial charge < -0.3 is 15.0 Å². The van der Waals surface area contributed by atoms with Gasteiger partial charge in [-0.1, -0.05) is 0 Å². The Morgan fingerprint density at radius 1 is 1.92 bits per heavy atom. The topological polar surface area (TPSA) is 67.6 Å². The molecule has 0 amide bonds. The molecule has 0 saturated heterocycles. The Morgan fingerprint density at radius 3 is 3.00 bits per heavy atom. The van der Waals surface area contributed by atoms with Gasteiger partial charge in [0.25, 0.3) is 0 Å². The van der Waals surface area contributed by atoms with Crippen LogP contribution in [-0.2, 0) is 9.53 Å². The number of rotatable bonds is 2. The summed E-state index contributed by atoms with van der Waals surface area (Å²) in [5.74, 6) is -0.347. The first-order valence-electron chi connectivity index (χ1n) is 3.78. The summed E-state index contributed by atoms with van der Waals surface area (Å²) in [6.45, 7) is 2.14. The van der Waals surface area contributed by atoms with Gasteiger partial charge >= 0.3 is 5.97 Å². The lowest BCUT2D eigenvalue weighted by molar-refractivity contribution is -0.140. The van der Waals surface area contributed by atoms with E-state index in [0.29, 0.717) is 12.3 Å². The predicted octanol–water partition coefficient (Wildman–Crippen LogP) is -0.832. The van der Waals surface area contributed by atoms with E-state index >= 15 is 0 Å². The summed E-state index contributed by atoms with van der Waals surface area (Å²) in [7, 11) is 1.73. The third-order valence-electron chi connectivity index (χ3n) is 1.67. The van der Waals surface area contributed by atoms with Crippen LogP contribution < -0.4 is 11.1 Å². The minimum atomic E-state index is -0.347. The highest BCUT2D eigenvalue weighted by Crippen LogP contribution is 2.09. The van der Waals surface area contributed by atoms with Crippen LogP contribution in [0, 0.1) is 0 Å². The van der Waals surface area contributed by atoms with E-state index in [-0.39, 0.29) is 12.3 Å². The van der Waals surface area contributed by atoms with Crippen molar-refractivity contribution in [3.05, 3.63) is 11.9 Å². The minimum absolute atomic E-state index is 0.329. The number of esters is 1. The summed E-state index contributed by atoms with van der Waals surface area (Å²) < 4.78 is 4.80. The average molecular weight is 171 g/mol. The van der Waals surface area contributed by atoms with Crippen molar-refractivity contribution in [2.75, 3.05) is 13.7 Å². The quantitative estimate of drug-likeness (QED) is 0.531. The van der Waals surface area contributed by atoms with Gasteiger partial charge in [-0.3, -0.25) is 5.73 Å². The summed E-state index contributed by atoms with van der Waals surface area (Å²) in [6, 6.07) is 0. The zero-order chi connectivity index (χ0) is 9.14. The van der Waals surface area contributed by atoms with Gasteiger partial charge in [0.2, 0.25) is 0 Å². The van der Waals surface area contributed by atoms with Crippen molar-refractivity contribution in [1.29, 1.82) is 0 Å². The smallest absolute Gasteiger partial charge is 0.356 e. The fourth-order valence-electron chi connectivity index (χ4n) is 0.936. The number of likely N-dealkylation sites (N-methyl/N-ethyl adjacent to an activating group) is 1. The van der Waals surface area contributed by atoms with E-state index in [2.05, 4.69) is 5.32 Å². The maximum absolute atomic E-state index is 11.2. The van der Waals surface area contributed by atoms with E-state index in [1.807, 2.05) is 0 Å². The maximum Gasteiger partial charge on any atom is 0.356 e. The maximum atomic E-state index is 11.2. The van der Waals surface area contributed by atoms with Crippen molar-refractivity contribution < 1.29 is 9.53 Å². The van der Waals surface area contributed by atoms with Gasteiger partial charge in [0.15, 0.2) is 6.29 Å². The van der Waals surface area contributed by atoms with Crippen LogP contribution in [0.1, 0.15) is 6.92 Å². The third-order valence-corrected chi connectivity index (χ3v) is 1.67. The first kappa shape index (κ1) is 8.86. The third kappa shape index (κ3) is 1.50. The number of ether oxygens (including phenoxy) is 1. The molecule has 1 heterocycles. The summed E-state index contributed by atoms with van der Waals surface area (Å²) >= 11 is 0. The van der Waals surface area contributed by atoms with E-state index < -0.39 is 0 Å². The van der Waals surface area contributed by atoms with Gasteiger partial charge in [0.1, 0.15) is 5.70 Å². The Balaban J connectivity index is 2.58. The van der Waals surface area contributed by atoms with Crippen molar-refractivity contribution in [2.45, 2.75) is 13.2 Å². The molecule has 12 heavy (non-hydrogen) atoms. The Morgan fingerprint density at radius 2 is 2.58 bits per heavy atom. The number of nitrogens with one attached hydrogen (secondary N) is 1. The number of nitrogens with zero attached hydrogens (tertiary/aromatic N) is 1. The van der Waals surface area contributed by atoms with E-state index in [1.165, 1.54) is 0 Å². The SMILES string of the molecule is CCOC(=O)C1=CNC(N)N1C. The van der Waals surface area contributed by atoms with E-state index in [0.717, 1.165) is 0 Å². The van der Waals surface area contributed by atoms with Gasteiger partial charge in [0.05, 0.1) is 6.61 Å². The predicted molar refractivity (Wildman–Crippen MR) is 43.6 cm³/mol. The molecule has 1 atom stereocenters. The Bertz CT molecular complexity index is 215. The highest BCUT2D eigenvalue weighted by molar-refractivity contribution is 5.88. The fourth-order valence-corrected chi connectivity index (χ4v) is 0.936. The van der Waals surface area contributed by atoms with Crippen LogP contribution in [0.2, 0.25) is 0 Å². The van der Waals surface area contributed by atoms with Crippen molar-refractivity contribution in [2.24, 2.45) is 5.73 Å². The molecule has 0 spiro atoms. The summed E-state index contributed by atoms with van der Waals surface area (Å²) in [6.07, 6.45) is 1.23. The first-order valence-corrected chi connectivity index (χ1v) is 3.78. The zero-order valence-corrected chi connectivity index (χ0v) is 7.20. The molecule has 0 aliphatic carbocycles. The molecule has 0 aromatic rings. The van der Waals surface area contributed by atoms with E-state index in [4.69, 9.17) is 10.5 Å². The molecule has 5 nitrogen and oxygen atoms in total. The average Bonchev–Trinajstić information content (AvgIpc) is 2.34. The number of hydrogen-bond donors (Lipinski definition) is 2. The molecule has 0 saturated carbocycles. The summed E-state index contributed by atoms with van der Waals surface area (Å²) in [5.41, 5.74) is 6.02. The molecular weight excluding hydrogens is 158 g/mol. The van der Waals surface area contributed by atoms with Crippen molar-refractivity contribution >= 4 is 5.97 Å². The second-order valence-electron chi connectivity index (χ2n) is 2.47. The van der Waals surface area contributed by atoms with Crippen LogP contribution in [0.3, 0.4) is 0 Å². The van der Waals surface area contributed by atoms with Crippen LogP contribution in [-0.4, -0.2) is 30.8 Å². The lowest BCUT2D eigenvalue weighted by Gasteiger charge is -2.19. The van der Waals surface area contributed by atoms with E-state index in [9.17, 15) is 4.79 Å². The van der Waals surface area contributed by atoms with Crippen LogP contribution in [0.25, 0.3) is 0 Å². The first-order chi connectivity index (χ1) is 5.66. The van der Waals surface area contributed by atoms with Crippen molar-refractivity contribution in [3.63, 3.8) is 0 Å². The monoisotopic (exact) mass is 171 g/mol. The van der Waals surface area contributed by atoms with Gasteiger partial charge in [0, 0.05) is 13.2 Å². The lowest BCUT2D eigenvalue weighted by atomic mass is 10.4. The molecule has 1 rings (SSSR count). The zero-order valence-electron chi connectivity index (χ0n) is 7.20. The van der Waals surface area contributed by atoms with Gasteiger partial charge in [-0.15, -0.1) is 0 Å². The molecule has 1 aliphatic heterocycles. The number of carbonyl (C=O) groups excluding carboxylic acids is 1. The summed E-state index contributed by atoms with van der Waals surface area (Å²) in [5, 5.41) is 2.80. The molecule has 68 valence electrons. The molecule has 5 heteroatoms. The second kappa shape index (κ2) is 3.44. The van der Waals surface area contributed by atoms with Crippen LogP contribution in [0.15, 0.2) is 11.9 Å². The standard InChI is InChI=1S/C7H13N3O2/c1-3-12-6(11)5-4-9-7(8)10(5)2/h4,7,9H,3,8H2,1-2H3. The minimum Gasteiger partial charge on any atom is -0.461 e. The Labute approximate surface area is 71.2 Å². The van der Waals surface area contributed by atoms with Gasteiger partial charge in [-0.2, -0.15) is 0 Å². The van der Waals surface area contributed by atoms with Crippen LogP contribution >= 0.6 is 0 Å². The molecule has 0 aromatic heterocycles. The molecule has 3 N–H and O–H groups in total. The molecule has 0 radical (unpaired) electrons. The Hall–Kier alpha value is -1.23. The molecule has 1 aliphatic rings. The number of nitrogens with two attached hydrogens (primary N) is 1. The van der Waals surface area contributed by atoms with Crippen molar-refractivity contribution in [1.82, 2.24) is 10.2 Å².